The molecule has 2 aromatic rings. The average Bonchev–Trinajstić information content (AvgIpc) is 2.47. The van der Waals surface area contributed by atoms with Gasteiger partial charge in [0, 0.05) is 21.4 Å². The third-order valence-corrected chi connectivity index (χ3v) is 3.53. The molecule has 0 bridgehead atoms. The Balaban J connectivity index is 2.16. The quantitative estimate of drug-likeness (QED) is 0.718. The number of ether oxygens (including phenoxy) is 2. The molecule has 1 N–H and O–H groups in total. The first kappa shape index (κ1) is 15.8. The first-order valence-electron chi connectivity index (χ1n) is 6.20. The summed E-state index contributed by atoms with van der Waals surface area (Å²) in [5.74, 6) is 0.352. The number of methoxy groups -OCH3 is 1. The van der Waals surface area contributed by atoms with Crippen molar-refractivity contribution in [2.75, 3.05) is 12.4 Å². The first-order valence-corrected chi connectivity index (χ1v) is 7.28. The highest BCUT2D eigenvalue weighted by Gasteiger charge is 2.15. The standard InChI is InChI=1S/C15H14F2INO2/c1-20-13-4-2-3-10(14(13)21-15(16)17)9-19-12-7-5-11(18)6-8-12/h2-8,15,19H,9H2,1H3. The van der Waals surface area contributed by atoms with Crippen LogP contribution in [0.25, 0.3) is 0 Å². The van der Waals surface area contributed by atoms with Crippen LogP contribution in [0.4, 0.5) is 14.5 Å². The molecule has 0 saturated heterocycles. The van der Waals surface area contributed by atoms with Gasteiger partial charge in [-0.2, -0.15) is 8.78 Å². The second-order valence-electron chi connectivity index (χ2n) is 4.19. The van der Waals surface area contributed by atoms with E-state index in [0.717, 1.165) is 9.26 Å². The summed E-state index contributed by atoms with van der Waals surface area (Å²) in [5.41, 5.74) is 1.51. The summed E-state index contributed by atoms with van der Waals surface area (Å²) < 4.78 is 35.8. The number of nitrogens with one attached hydrogen (secondary N) is 1. The van der Waals surface area contributed by atoms with Gasteiger partial charge in [0.2, 0.25) is 0 Å². The van der Waals surface area contributed by atoms with E-state index in [1.54, 1.807) is 18.2 Å². The molecule has 0 saturated carbocycles. The van der Waals surface area contributed by atoms with Gasteiger partial charge in [-0.25, -0.2) is 0 Å². The molecule has 3 nitrogen and oxygen atoms in total. The van der Waals surface area contributed by atoms with Crippen LogP contribution in [-0.4, -0.2) is 13.7 Å². The highest BCUT2D eigenvalue weighted by atomic mass is 127. The Hall–Kier alpha value is -1.57. The molecule has 2 rings (SSSR count). The molecule has 0 radical (unpaired) electrons. The minimum absolute atomic E-state index is 0.0630. The molecule has 0 amide bonds. The summed E-state index contributed by atoms with van der Waals surface area (Å²) in [5, 5.41) is 3.17. The van der Waals surface area contributed by atoms with E-state index in [1.165, 1.54) is 7.11 Å². The van der Waals surface area contributed by atoms with E-state index >= 15 is 0 Å². The van der Waals surface area contributed by atoms with Crippen molar-refractivity contribution in [1.82, 2.24) is 0 Å². The predicted octanol–water partition coefficient (Wildman–Crippen LogP) is 4.51. The number of benzene rings is 2. The van der Waals surface area contributed by atoms with Gasteiger partial charge in [-0.3, -0.25) is 0 Å². The van der Waals surface area contributed by atoms with Crippen LogP contribution < -0.4 is 14.8 Å². The number of anilines is 1. The van der Waals surface area contributed by atoms with Crippen LogP contribution in [0.5, 0.6) is 11.5 Å². The van der Waals surface area contributed by atoms with Crippen LogP contribution in [0.3, 0.4) is 0 Å². The van der Waals surface area contributed by atoms with Crippen molar-refractivity contribution < 1.29 is 18.3 Å². The van der Waals surface area contributed by atoms with E-state index in [2.05, 4.69) is 32.6 Å². The van der Waals surface area contributed by atoms with Gasteiger partial charge >= 0.3 is 6.61 Å². The summed E-state index contributed by atoms with van der Waals surface area (Å²) in [4.78, 5) is 0. The van der Waals surface area contributed by atoms with Crippen LogP contribution in [-0.2, 0) is 6.54 Å². The van der Waals surface area contributed by atoms with Crippen LogP contribution in [0, 0.1) is 3.57 Å². The zero-order valence-electron chi connectivity index (χ0n) is 11.3. The van der Waals surface area contributed by atoms with E-state index in [-0.39, 0.29) is 11.5 Å². The number of hydrogen-bond donors (Lipinski definition) is 1. The molecule has 0 aliphatic heterocycles. The zero-order chi connectivity index (χ0) is 15.2. The monoisotopic (exact) mass is 405 g/mol. The third kappa shape index (κ3) is 4.45. The van der Waals surface area contributed by atoms with Crippen LogP contribution in [0.2, 0.25) is 0 Å². The van der Waals surface area contributed by atoms with Crippen molar-refractivity contribution in [2.45, 2.75) is 13.2 Å². The topological polar surface area (TPSA) is 30.5 Å². The Morgan fingerprint density at radius 1 is 1.14 bits per heavy atom. The van der Waals surface area contributed by atoms with Crippen molar-refractivity contribution >= 4 is 28.3 Å². The molecule has 0 fully saturated rings. The molecule has 6 heteroatoms. The second-order valence-corrected chi connectivity index (χ2v) is 5.43. The molecule has 112 valence electrons. The SMILES string of the molecule is COc1cccc(CNc2ccc(I)cc2)c1OC(F)F. The summed E-state index contributed by atoms with van der Waals surface area (Å²) >= 11 is 2.22. The van der Waals surface area contributed by atoms with Gasteiger partial charge in [-0.15, -0.1) is 0 Å². The van der Waals surface area contributed by atoms with E-state index in [0.29, 0.717) is 12.1 Å². The minimum atomic E-state index is -2.89. The van der Waals surface area contributed by atoms with Gasteiger partial charge in [-0.05, 0) is 52.9 Å². The zero-order valence-corrected chi connectivity index (χ0v) is 13.4. The fourth-order valence-corrected chi connectivity index (χ4v) is 2.21. The molecule has 21 heavy (non-hydrogen) atoms. The van der Waals surface area contributed by atoms with Crippen molar-refractivity contribution in [3.63, 3.8) is 0 Å². The molecular formula is C15H14F2INO2. The van der Waals surface area contributed by atoms with Gasteiger partial charge in [0.1, 0.15) is 0 Å². The maximum Gasteiger partial charge on any atom is 0.387 e. The van der Waals surface area contributed by atoms with E-state index in [9.17, 15) is 8.78 Å². The van der Waals surface area contributed by atoms with Crippen LogP contribution in [0.15, 0.2) is 42.5 Å². The molecule has 0 aliphatic carbocycles. The van der Waals surface area contributed by atoms with Crippen molar-refractivity contribution in [3.8, 4) is 11.5 Å². The Bertz CT molecular complexity index is 591. The Kier molecular flexibility index (Phi) is 5.60. The highest BCUT2D eigenvalue weighted by molar-refractivity contribution is 14.1. The lowest BCUT2D eigenvalue weighted by atomic mass is 10.1. The fourth-order valence-electron chi connectivity index (χ4n) is 1.85. The number of hydrogen-bond acceptors (Lipinski definition) is 3. The summed E-state index contributed by atoms with van der Waals surface area (Å²) in [7, 11) is 1.42. The number of halogens is 3. The first-order chi connectivity index (χ1) is 10.1. The highest BCUT2D eigenvalue weighted by Crippen LogP contribution is 2.32. The number of rotatable bonds is 6. The maximum absolute atomic E-state index is 12.5. The van der Waals surface area contributed by atoms with Gasteiger partial charge < -0.3 is 14.8 Å². The van der Waals surface area contributed by atoms with Gasteiger partial charge in [0.05, 0.1) is 7.11 Å². The van der Waals surface area contributed by atoms with Crippen molar-refractivity contribution in [2.24, 2.45) is 0 Å². The molecule has 0 spiro atoms. The summed E-state index contributed by atoms with van der Waals surface area (Å²) in [6.07, 6.45) is 0. The average molecular weight is 405 g/mol. The molecule has 0 heterocycles. The molecule has 0 atom stereocenters. The second kappa shape index (κ2) is 7.44. The van der Waals surface area contributed by atoms with Crippen molar-refractivity contribution in [3.05, 3.63) is 51.6 Å². The number of para-hydroxylation sites is 1. The Labute approximate surface area is 135 Å². The fraction of sp³-hybridized carbons (Fsp3) is 0.200. The maximum atomic E-state index is 12.5. The Morgan fingerprint density at radius 3 is 2.48 bits per heavy atom. The Morgan fingerprint density at radius 2 is 1.86 bits per heavy atom. The predicted molar refractivity (Wildman–Crippen MR) is 86.1 cm³/mol. The molecule has 0 aliphatic rings. The number of alkyl halides is 2. The van der Waals surface area contributed by atoms with E-state index in [1.807, 2.05) is 24.3 Å². The third-order valence-electron chi connectivity index (χ3n) is 2.81. The molecule has 0 aromatic heterocycles. The van der Waals surface area contributed by atoms with Gasteiger partial charge in [0.25, 0.3) is 0 Å². The molecule has 2 aromatic carbocycles. The minimum Gasteiger partial charge on any atom is -0.493 e. The van der Waals surface area contributed by atoms with Crippen LogP contribution >= 0.6 is 22.6 Å². The lowest BCUT2D eigenvalue weighted by Gasteiger charge is -2.15. The summed E-state index contributed by atoms with van der Waals surface area (Å²) in [6.45, 7) is -2.53. The lowest BCUT2D eigenvalue weighted by molar-refractivity contribution is -0.0517. The normalized spacial score (nSPS) is 10.5. The van der Waals surface area contributed by atoms with Gasteiger partial charge in [-0.1, -0.05) is 12.1 Å². The molecule has 0 unspecified atom stereocenters. The van der Waals surface area contributed by atoms with E-state index < -0.39 is 6.61 Å². The molecular weight excluding hydrogens is 391 g/mol. The lowest BCUT2D eigenvalue weighted by Crippen LogP contribution is -2.08. The van der Waals surface area contributed by atoms with Crippen molar-refractivity contribution in [1.29, 1.82) is 0 Å². The van der Waals surface area contributed by atoms with Crippen LogP contribution in [0.1, 0.15) is 5.56 Å². The summed E-state index contributed by atoms with van der Waals surface area (Å²) in [6, 6.07) is 12.8. The largest absolute Gasteiger partial charge is 0.493 e. The van der Waals surface area contributed by atoms with Gasteiger partial charge in [0.15, 0.2) is 11.5 Å². The smallest absolute Gasteiger partial charge is 0.387 e. The van der Waals surface area contributed by atoms with E-state index in [4.69, 9.17) is 4.74 Å².